The largest absolute Gasteiger partial charge is 0.507 e. The van der Waals surface area contributed by atoms with Crippen molar-refractivity contribution in [3.63, 3.8) is 0 Å². The molecule has 1 aliphatic carbocycles. The van der Waals surface area contributed by atoms with Crippen molar-refractivity contribution < 1.29 is 9.84 Å². The smallest absolute Gasteiger partial charge is 0.194 e. The first-order chi connectivity index (χ1) is 13.7. The summed E-state index contributed by atoms with van der Waals surface area (Å²) in [5.74, 6) is 1.74. The van der Waals surface area contributed by atoms with E-state index in [2.05, 4.69) is 20.2 Å². The van der Waals surface area contributed by atoms with E-state index >= 15 is 0 Å². The number of hydrogen-bond acceptors (Lipinski definition) is 6. The zero-order valence-corrected chi connectivity index (χ0v) is 15.9. The number of phenolic OH excluding ortho intramolecular Hbond substituents is 1. The minimum absolute atomic E-state index is 0.166. The van der Waals surface area contributed by atoms with Gasteiger partial charge in [0.05, 0.1) is 12.7 Å². The number of phenols is 1. The van der Waals surface area contributed by atoms with E-state index in [1.165, 1.54) is 25.7 Å². The second kappa shape index (κ2) is 6.82. The summed E-state index contributed by atoms with van der Waals surface area (Å²) in [6, 6.07) is 7.99. The van der Waals surface area contributed by atoms with Gasteiger partial charge in [0.25, 0.3) is 0 Å². The molecule has 2 aromatic heterocycles. The number of aromatic nitrogens is 4. The van der Waals surface area contributed by atoms with E-state index in [0.29, 0.717) is 23.9 Å². The highest BCUT2D eigenvalue weighted by molar-refractivity contribution is 5.75. The highest BCUT2D eigenvalue weighted by Crippen LogP contribution is 2.38. The van der Waals surface area contributed by atoms with E-state index < -0.39 is 0 Å². The SMILES string of the molecule is Cn1cc(-c2ccc(-c3cc4c(nn3)N(C3CCCC3)CCO4)c(O)c2)cn1. The fourth-order valence-corrected chi connectivity index (χ4v) is 4.23. The first kappa shape index (κ1) is 17.0. The normalized spacial score (nSPS) is 16.8. The molecule has 2 aliphatic rings. The Morgan fingerprint density at radius 3 is 2.71 bits per heavy atom. The van der Waals surface area contributed by atoms with Crippen molar-refractivity contribution in [1.29, 1.82) is 0 Å². The Kier molecular flexibility index (Phi) is 4.15. The van der Waals surface area contributed by atoms with Crippen LogP contribution in [-0.4, -0.2) is 44.3 Å². The van der Waals surface area contributed by atoms with Gasteiger partial charge in [-0.15, -0.1) is 10.2 Å². The lowest BCUT2D eigenvalue weighted by molar-refractivity contribution is 0.296. The monoisotopic (exact) mass is 377 g/mol. The lowest BCUT2D eigenvalue weighted by Crippen LogP contribution is -2.40. The Morgan fingerprint density at radius 2 is 1.96 bits per heavy atom. The van der Waals surface area contributed by atoms with E-state index in [1.54, 1.807) is 16.9 Å². The Labute approximate surface area is 163 Å². The molecule has 1 aliphatic heterocycles. The number of aromatic hydroxyl groups is 1. The van der Waals surface area contributed by atoms with E-state index in [-0.39, 0.29) is 5.75 Å². The van der Waals surface area contributed by atoms with Crippen LogP contribution in [0.25, 0.3) is 22.4 Å². The van der Waals surface area contributed by atoms with E-state index in [9.17, 15) is 5.11 Å². The molecule has 0 unspecified atom stereocenters. The molecule has 1 N–H and O–H groups in total. The summed E-state index contributed by atoms with van der Waals surface area (Å²) < 4.78 is 7.61. The molecule has 0 amide bonds. The van der Waals surface area contributed by atoms with Gasteiger partial charge in [-0.1, -0.05) is 18.9 Å². The van der Waals surface area contributed by atoms with Gasteiger partial charge < -0.3 is 14.7 Å². The van der Waals surface area contributed by atoms with Gasteiger partial charge in [0.1, 0.15) is 18.1 Å². The molecule has 0 radical (unpaired) electrons. The van der Waals surface area contributed by atoms with Crippen LogP contribution in [0.1, 0.15) is 25.7 Å². The third-order valence-electron chi connectivity index (χ3n) is 5.68. The maximum atomic E-state index is 10.6. The lowest BCUT2D eigenvalue weighted by atomic mass is 10.0. The molecular weight excluding hydrogens is 354 g/mol. The molecule has 7 nitrogen and oxygen atoms in total. The summed E-state index contributed by atoms with van der Waals surface area (Å²) in [6.45, 7) is 1.51. The fraction of sp³-hybridized carbons (Fsp3) is 0.381. The predicted molar refractivity (Wildman–Crippen MR) is 106 cm³/mol. The number of fused-ring (bicyclic) bond motifs is 1. The van der Waals surface area contributed by atoms with Gasteiger partial charge in [0, 0.05) is 36.5 Å². The minimum atomic E-state index is 0.166. The van der Waals surface area contributed by atoms with Crippen molar-refractivity contribution in [2.24, 2.45) is 7.05 Å². The summed E-state index contributed by atoms with van der Waals surface area (Å²) in [4.78, 5) is 2.34. The summed E-state index contributed by atoms with van der Waals surface area (Å²) in [7, 11) is 1.87. The second-order valence-corrected chi connectivity index (χ2v) is 7.53. The number of hydrogen-bond donors (Lipinski definition) is 1. The summed E-state index contributed by atoms with van der Waals surface area (Å²) >= 11 is 0. The third-order valence-corrected chi connectivity index (χ3v) is 5.68. The van der Waals surface area contributed by atoms with Crippen LogP contribution in [-0.2, 0) is 7.05 Å². The number of benzene rings is 1. The number of anilines is 1. The third kappa shape index (κ3) is 2.96. The molecule has 1 saturated carbocycles. The standard InChI is InChI=1S/C21H23N5O2/c1-25-13-15(12-22-25)14-6-7-17(19(27)10-14)18-11-20-21(24-23-18)26(8-9-28-20)16-4-2-3-5-16/h6-7,10-13,16,27H,2-5,8-9H2,1H3. The van der Waals surface area contributed by atoms with Gasteiger partial charge in [0.2, 0.25) is 0 Å². The summed E-state index contributed by atoms with van der Waals surface area (Å²) in [5.41, 5.74) is 3.12. The maximum Gasteiger partial charge on any atom is 0.194 e. The zero-order chi connectivity index (χ0) is 19.1. The molecule has 1 aromatic carbocycles. The van der Waals surface area contributed by atoms with Gasteiger partial charge in [0.15, 0.2) is 11.6 Å². The van der Waals surface area contributed by atoms with Gasteiger partial charge in [-0.25, -0.2) is 0 Å². The molecule has 3 heterocycles. The quantitative estimate of drug-likeness (QED) is 0.754. The molecule has 1 fully saturated rings. The van der Waals surface area contributed by atoms with Gasteiger partial charge in [-0.05, 0) is 30.5 Å². The Bertz CT molecular complexity index is 1010. The van der Waals surface area contributed by atoms with E-state index in [1.807, 2.05) is 31.4 Å². The Hall–Kier alpha value is -3.09. The number of aryl methyl sites for hydroxylation is 1. The van der Waals surface area contributed by atoms with Crippen molar-refractivity contribution in [1.82, 2.24) is 20.0 Å². The molecule has 0 saturated heterocycles. The van der Waals surface area contributed by atoms with Crippen LogP contribution < -0.4 is 9.64 Å². The van der Waals surface area contributed by atoms with Crippen LogP contribution in [0.3, 0.4) is 0 Å². The lowest BCUT2D eigenvalue weighted by Gasteiger charge is -2.34. The molecule has 144 valence electrons. The number of rotatable bonds is 3. The second-order valence-electron chi connectivity index (χ2n) is 7.53. The first-order valence-corrected chi connectivity index (χ1v) is 9.78. The van der Waals surface area contributed by atoms with Gasteiger partial charge in [-0.2, -0.15) is 5.10 Å². The highest BCUT2D eigenvalue weighted by atomic mass is 16.5. The van der Waals surface area contributed by atoms with Crippen molar-refractivity contribution in [2.45, 2.75) is 31.7 Å². The Balaban J connectivity index is 1.47. The molecule has 0 bridgehead atoms. The topological polar surface area (TPSA) is 76.3 Å². The summed E-state index contributed by atoms with van der Waals surface area (Å²) in [6.07, 6.45) is 8.66. The fourth-order valence-electron chi connectivity index (χ4n) is 4.23. The average molecular weight is 377 g/mol. The Morgan fingerprint density at radius 1 is 1.11 bits per heavy atom. The van der Waals surface area contributed by atoms with Crippen LogP contribution >= 0.6 is 0 Å². The molecular formula is C21H23N5O2. The highest BCUT2D eigenvalue weighted by Gasteiger charge is 2.29. The maximum absolute atomic E-state index is 10.6. The van der Waals surface area contributed by atoms with Gasteiger partial charge in [-0.3, -0.25) is 4.68 Å². The van der Waals surface area contributed by atoms with Crippen LogP contribution in [0.4, 0.5) is 5.82 Å². The average Bonchev–Trinajstić information content (AvgIpc) is 3.39. The van der Waals surface area contributed by atoms with Crippen LogP contribution in [0, 0.1) is 0 Å². The van der Waals surface area contributed by atoms with Crippen molar-refractivity contribution >= 4 is 5.82 Å². The van der Waals surface area contributed by atoms with E-state index in [4.69, 9.17) is 4.74 Å². The van der Waals surface area contributed by atoms with Crippen molar-refractivity contribution in [3.05, 3.63) is 36.7 Å². The van der Waals surface area contributed by atoms with Crippen molar-refractivity contribution in [3.8, 4) is 33.9 Å². The molecule has 0 atom stereocenters. The molecule has 7 heteroatoms. The van der Waals surface area contributed by atoms with Crippen LogP contribution in [0.2, 0.25) is 0 Å². The number of nitrogens with zero attached hydrogens (tertiary/aromatic N) is 5. The molecule has 0 spiro atoms. The van der Waals surface area contributed by atoms with Gasteiger partial charge >= 0.3 is 0 Å². The van der Waals surface area contributed by atoms with E-state index in [0.717, 1.165) is 29.2 Å². The van der Waals surface area contributed by atoms with Crippen molar-refractivity contribution in [2.75, 3.05) is 18.1 Å². The molecule has 5 rings (SSSR count). The first-order valence-electron chi connectivity index (χ1n) is 9.78. The minimum Gasteiger partial charge on any atom is -0.507 e. The van der Waals surface area contributed by atoms with Crippen LogP contribution in [0.15, 0.2) is 36.7 Å². The van der Waals surface area contributed by atoms with Crippen LogP contribution in [0.5, 0.6) is 11.5 Å². The zero-order valence-electron chi connectivity index (χ0n) is 15.9. The molecule has 3 aromatic rings. The molecule has 28 heavy (non-hydrogen) atoms. The predicted octanol–water partition coefficient (Wildman–Crippen LogP) is 3.39. The summed E-state index contributed by atoms with van der Waals surface area (Å²) in [5, 5.41) is 23.7. The number of ether oxygens (including phenoxy) is 1.